The molecule has 4 nitrogen and oxygen atoms in total. The Hall–Kier alpha value is -1.32. The van der Waals surface area contributed by atoms with E-state index in [1.165, 1.54) is 0 Å². The van der Waals surface area contributed by atoms with Crippen molar-refractivity contribution in [2.24, 2.45) is 5.92 Å². The van der Waals surface area contributed by atoms with Crippen LogP contribution in [0.25, 0.3) is 0 Å². The van der Waals surface area contributed by atoms with E-state index in [-0.39, 0.29) is 0 Å². The summed E-state index contributed by atoms with van der Waals surface area (Å²) in [7, 11) is 0. The van der Waals surface area contributed by atoms with Gasteiger partial charge in [-0.15, -0.1) is 0 Å². The Bertz CT molecular complexity index is 337. The lowest BCUT2D eigenvalue weighted by Gasteiger charge is -2.11. The summed E-state index contributed by atoms with van der Waals surface area (Å²) >= 11 is 0. The van der Waals surface area contributed by atoms with Crippen LogP contribution < -0.4 is 10.5 Å². The van der Waals surface area contributed by atoms with Crippen molar-refractivity contribution in [2.45, 2.75) is 34.1 Å². The first kappa shape index (κ1) is 11.8. The molecule has 0 spiro atoms. The summed E-state index contributed by atoms with van der Waals surface area (Å²) in [5, 5.41) is 0. The molecule has 0 radical (unpaired) electrons. The molecular formula is C11H19N3O. The summed E-state index contributed by atoms with van der Waals surface area (Å²) in [6.07, 6.45) is 1.02. The molecule has 0 unspecified atom stereocenters. The van der Waals surface area contributed by atoms with Crippen molar-refractivity contribution < 1.29 is 4.74 Å². The molecule has 1 rings (SSSR count). The van der Waals surface area contributed by atoms with Crippen molar-refractivity contribution in [3.05, 3.63) is 11.4 Å². The highest BCUT2D eigenvalue weighted by Gasteiger charge is 2.07. The van der Waals surface area contributed by atoms with Gasteiger partial charge in [-0.05, 0) is 26.2 Å². The second kappa shape index (κ2) is 4.96. The minimum Gasteiger partial charge on any atom is -0.477 e. The monoisotopic (exact) mass is 209 g/mol. The van der Waals surface area contributed by atoms with Crippen molar-refractivity contribution in [1.82, 2.24) is 9.97 Å². The fourth-order valence-electron chi connectivity index (χ4n) is 1.16. The third-order valence-electron chi connectivity index (χ3n) is 2.18. The number of nitrogens with two attached hydrogens (primary N) is 1. The molecular weight excluding hydrogens is 190 g/mol. The minimum atomic E-state index is 0.502. The highest BCUT2D eigenvalue weighted by Crippen LogP contribution is 2.19. The maximum atomic E-state index is 5.72. The molecule has 2 N–H and O–H groups in total. The zero-order valence-corrected chi connectivity index (χ0v) is 9.87. The van der Waals surface area contributed by atoms with Gasteiger partial charge in [0.1, 0.15) is 11.6 Å². The van der Waals surface area contributed by atoms with Gasteiger partial charge < -0.3 is 10.5 Å². The fourth-order valence-corrected chi connectivity index (χ4v) is 1.16. The zero-order valence-electron chi connectivity index (χ0n) is 9.87. The first-order valence-corrected chi connectivity index (χ1v) is 5.24. The molecule has 1 aromatic rings. The Morgan fingerprint density at radius 2 is 1.93 bits per heavy atom. The lowest BCUT2D eigenvalue weighted by atomic mass is 10.1. The fraction of sp³-hybridized carbons (Fsp3) is 0.636. The molecule has 0 bridgehead atoms. The quantitative estimate of drug-likeness (QED) is 0.825. The van der Waals surface area contributed by atoms with Crippen molar-refractivity contribution >= 4 is 5.82 Å². The van der Waals surface area contributed by atoms with Gasteiger partial charge in [-0.3, -0.25) is 0 Å². The van der Waals surface area contributed by atoms with Crippen LogP contribution in [0.3, 0.4) is 0 Å². The summed E-state index contributed by atoms with van der Waals surface area (Å²) in [5.74, 6) is 2.39. The summed E-state index contributed by atoms with van der Waals surface area (Å²) in [4.78, 5) is 8.28. The third-order valence-corrected chi connectivity index (χ3v) is 2.18. The van der Waals surface area contributed by atoms with Crippen molar-refractivity contribution in [2.75, 3.05) is 12.3 Å². The van der Waals surface area contributed by atoms with Gasteiger partial charge in [0.2, 0.25) is 5.88 Å². The summed E-state index contributed by atoms with van der Waals surface area (Å²) < 4.78 is 5.58. The number of aryl methyl sites for hydroxylation is 1. The van der Waals surface area contributed by atoms with E-state index in [1.54, 1.807) is 0 Å². The van der Waals surface area contributed by atoms with Crippen LogP contribution in [0.5, 0.6) is 5.88 Å². The minimum absolute atomic E-state index is 0.502. The highest BCUT2D eigenvalue weighted by atomic mass is 16.5. The maximum absolute atomic E-state index is 5.72. The van der Waals surface area contributed by atoms with Crippen LogP contribution in [-0.4, -0.2) is 16.6 Å². The van der Waals surface area contributed by atoms with Gasteiger partial charge in [0.25, 0.3) is 0 Å². The second-order valence-corrected chi connectivity index (χ2v) is 4.12. The molecule has 0 aliphatic rings. The van der Waals surface area contributed by atoms with Crippen molar-refractivity contribution in [1.29, 1.82) is 0 Å². The predicted molar refractivity (Wildman–Crippen MR) is 60.9 cm³/mol. The van der Waals surface area contributed by atoms with Gasteiger partial charge in [-0.1, -0.05) is 13.8 Å². The van der Waals surface area contributed by atoms with Gasteiger partial charge >= 0.3 is 0 Å². The predicted octanol–water partition coefficient (Wildman–Crippen LogP) is 2.10. The van der Waals surface area contributed by atoms with Crippen LogP contribution in [0.4, 0.5) is 5.82 Å². The van der Waals surface area contributed by atoms with E-state index in [4.69, 9.17) is 10.5 Å². The first-order chi connectivity index (χ1) is 7.00. The molecule has 15 heavy (non-hydrogen) atoms. The molecule has 1 aromatic heterocycles. The van der Waals surface area contributed by atoms with E-state index in [0.717, 1.165) is 12.0 Å². The van der Waals surface area contributed by atoms with Gasteiger partial charge in [-0.25, -0.2) is 4.98 Å². The number of aromatic nitrogens is 2. The number of hydrogen-bond acceptors (Lipinski definition) is 4. The van der Waals surface area contributed by atoms with E-state index in [2.05, 4.69) is 23.8 Å². The average molecular weight is 209 g/mol. The summed E-state index contributed by atoms with van der Waals surface area (Å²) in [6, 6.07) is 0. The van der Waals surface area contributed by atoms with E-state index in [9.17, 15) is 0 Å². The number of hydrogen-bond donors (Lipinski definition) is 1. The normalized spacial score (nSPS) is 10.7. The molecule has 84 valence electrons. The Labute approximate surface area is 90.9 Å². The van der Waals surface area contributed by atoms with Crippen LogP contribution in [0.15, 0.2) is 0 Å². The average Bonchev–Trinajstić information content (AvgIpc) is 2.12. The van der Waals surface area contributed by atoms with E-state index < -0.39 is 0 Å². The Morgan fingerprint density at radius 3 is 2.53 bits per heavy atom. The Balaban J connectivity index is 2.68. The summed E-state index contributed by atoms with van der Waals surface area (Å²) in [6.45, 7) is 8.69. The molecule has 0 aliphatic carbocycles. The molecule has 0 aliphatic heterocycles. The largest absolute Gasteiger partial charge is 0.477 e. The van der Waals surface area contributed by atoms with Crippen molar-refractivity contribution in [3.63, 3.8) is 0 Å². The van der Waals surface area contributed by atoms with Crippen LogP contribution in [0, 0.1) is 19.8 Å². The lowest BCUT2D eigenvalue weighted by molar-refractivity contribution is 0.276. The molecule has 0 saturated carbocycles. The van der Waals surface area contributed by atoms with Gasteiger partial charge in [0.15, 0.2) is 0 Å². The van der Waals surface area contributed by atoms with E-state index in [1.807, 2.05) is 13.8 Å². The molecule has 0 aromatic carbocycles. The lowest BCUT2D eigenvalue weighted by Crippen LogP contribution is -2.07. The van der Waals surface area contributed by atoms with E-state index >= 15 is 0 Å². The third kappa shape index (κ3) is 3.38. The molecule has 0 atom stereocenters. The molecule has 4 heteroatoms. The van der Waals surface area contributed by atoms with Crippen molar-refractivity contribution in [3.8, 4) is 5.88 Å². The SMILES string of the molecule is Cc1nc(N)c(C)c(OCCC(C)C)n1. The van der Waals surface area contributed by atoms with Crippen LogP contribution in [-0.2, 0) is 0 Å². The number of anilines is 1. The highest BCUT2D eigenvalue weighted by molar-refractivity contribution is 5.44. The van der Waals surface area contributed by atoms with Crippen LogP contribution >= 0.6 is 0 Å². The zero-order chi connectivity index (χ0) is 11.4. The molecule has 1 heterocycles. The number of nitrogens with zero attached hydrogens (tertiary/aromatic N) is 2. The van der Waals surface area contributed by atoms with Gasteiger partial charge in [0.05, 0.1) is 12.2 Å². The second-order valence-electron chi connectivity index (χ2n) is 4.12. The smallest absolute Gasteiger partial charge is 0.221 e. The standard InChI is InChI=1S/C11H19N3O/c1-7(2)5-6-15-11-8(3)10(12)13-9(4)14-11/h7H,5-6H2,1-4H3,(H2,12,13,14). The Morgan fingerprint density at radius 1 is 1.27 bits per heavy atom. The van der Waals surface area contributed by atoms with Crippen LogP contribution in [0.2, 0.25) is 0 Å². The van der Waals surface area contributed by atoms with Crippen LogP contribution in [0.1, 0.15) is 31.7 Å². The van der Waals surface area contributed by atoms with E-state index in [0.29, 0.717) is 30.0 Å². The molecule has 0 fully saturated rings. The van der Waals surface area contributed by atoms with Gasteiger partial charge in [0, 0.05) is 0 Å². The molecule has 0 amide bonds. The maximum Gasteiger partial charge on any atom is 0.221 e. The first-order valence-electron chi connectivity index (χ1n) is 5.24. The number of nitrogen functional groups attached to an aromatic ring is 1. The number of ether oxygens (including phenoxy) is 1. The summed E-state index contributed by atoms with van der Waals surface area (Å²) in [5.41, 5.74) is 6.55. The molecule has 0 saturated heterocycles. The topological polar surface area (TPSA) is 61.0 Å². The van der Waals surface area contributed by atoms with Gasteiger partial charge in [-0.2, -0.15) is 4.98 Å². The number of rotatable bonds is 4. The Kier molecular flexibility index (Phi) is 3.88.